The zero-order chi connectivity index (χ0) is 14.0. The molecule has 102 valence electrons. The molecular weight excluding hydrogens is 268 g/mol. The molecule has 1 N–H and O–H groups in total. The molecule has 4 heteroatoms. The van der Waals surface area contributed by atoms with Gasteiger partial charge in [-0.15, -0.1) is 0 Å². The van der Waals surface area contributed by atoms with Crippen molar-refractivity contribution in [2.24, 2.45) is 0 Å². The second-order valence-electron chi connectivity index (χ2n) is 5.13. The van der Waals surface area contributed by atoms with E-state index in [-0.39, 0.29) is 5.75 Å². The van der Waals surface area contributed by atoms with E-state index < -0.39 is 0 Å². The van der Waals surface area contributed by atoms with Crippen LogP contribution in [0.4, 0.5) is 0 Å². The highest BCUT2D eigenvalue weighted by Gasteiger charge is 2.27. The van der Waals surface area contributed by atoms with E-state index in [0.717, 1.165) is 27.9 Å². The zero-order valence-electron chi connectivity index (χ0n) is 10.9. The van der Waals surface area contributed by atoms with Gasteiger partial charge in [-0.05, 0) is 18.2 Å². The SMILES string of the molecule is Oc1coc2ccc3c(c12)OCc1c-3oc2ccccc12. The molecule has 4 aromatic rings. The highest BCUT2D eigenvalue weighted by Crippen LogP contribution is 2.48. The van der Waals surface area contributed by atoms with E-state index in [1.807, 2.05) is 36.4 Å². The van der Waals surface area contributed by atoms with Crippen molar-refractivity contribution >= 4 is 21.9 Å². The normalized spacial score (nSPS) is 13.1. The van der Waals surface area contributed by atoms with E-state index in [2.05, 4.69) is 0 Å². The summed E-state index contributed by atoms with van der Waals surface area (Å²) in [6.07, 6.45) is 1.32. The van der Waals surface area contributed by atoms with Gasteiger partial charge in [-0.3, -0.25) is 0 Å². The second kappa shape index (κ2) is 3.61. The Morgan fingerprint density at radius 1 is 1.00 bits per heavy atom. The van der Waals surface area contributed by atoms with Gasteiger partial charge < -0.3 is 18.7 Å². The summed E-state index contributed by atoms with van der Waals surface area (Å²) in [7, 11) is 0. The van der Waals surface area contributed by atoms with E-state index in [1.54, 1.807) is 0 Å². The molecule has 0 saturated carbocycles. The molecule has 1 aliphatic rings. The fourth-order valence-corrected chi connectivity index (χ4v) is 3.02. The molecule has 5 rings (SSSR count). The Bertz CT molecular complexity index is 1010. The summed E-state index contributed by atoms with van der Waals surface area (Å²) >= 11 is 0. The van der Waals surface area contributed by atoms with Gasteiger partial charge in [0.15, 0.2) is 5.75 Å². The maximum atomic E-state index is 9.95. The van der Waals surface area contributed by atoms with Crippen LogP contribution >= 0.6 is 0 Å². The standard InChI is InChI=1S/C17H10O4/c18-12-8-19-14-6-5-10-16-11(7-20-17(10)15(12)14)9-3-1-2-4-13(9)21-16/h1-6,8,18H,7H2. The van der Waals surface area contributed by atoms with Crippen LogP contribution in [-0.2, 0) is 6.61 Å². The van der Waals surface area contributed by atoms with Crippen LogP contribution in [0.3, 0.4) is 0 Å². The molecule has 0 aliphatic carbocycles. The summed E-state index contributed by atoms with van der Waals surface area (Å²) in [5, 5.41) is 11.6. The fraction of sp³-hybridized carbons (Fsp3) is 0.0588. The maximum absolute atomic E-state index is 9.95. The predicted molar refractivity (Wildman–Crippen MR) is 77.4 cm³/mol. The van der Waals surface area contributed by atoms with Gasteiger partial charge in [0.05, 0.1) is 5.56 Å². The molecule has 0 atom stereocenters. The third-order valence-electron chi connectivity index (χ3n) is 3.98. The zero-order valence-corrected chi connectivity index (χ0v) is 10.9. The van der Waals surface area contributed by atoms with Crippen LogP contribution in [0.2, 0.25) is 0 Å². The van der Waals surface area contributed by atoms with Gasteiger partial charge in [0.2, 0.25) is 0 Å². The molecule has 2 aromatic carbocycles. The summed E-state index contributed by atoms with van der Waals surface area (Å²) < 4.78 is 17.2. The van der Waals surface area contributed by atoms with E-state index >= 15 is 0 Å². The second-order valence-corrected chi connectivity index (χ2v) is 5.13. The van der Waals surface area contributed by atoms with Gasteiger partial charge in [-0.25, -0.2) is 0 Å². The number of rotatable bonds is 0. The smallest absolute Gasteiger partial charge is 0.165 e. The molecule has 0 saturated heterocycles. The first-order chi connectivity index (χ1) is 10.3. The molecular formula is C17H10O4. The lowest BCUT2D eigenvalue weighted by molar-refractivity contribution is 0.303. The van der Waals surface area contributed by atoms with Gasteiger partial charge in [-0.1, -0.05) is 18.2 Å². The fourth-order valence-electron chi connectivity index (χ4n) is 3.02. The van der Waals surface area contributed by atoms with Crippen LogP contribution in [-0.4, -0.2) is 5.11 Å². The number of fused-ring (bicyclic) bond motifs is 7. The summed E-state index contributed by atoms with van der Waals surface area (Å²) in [6, 6.07) is 11.6. The van der Waals surface area contributed by atoms with Crippen LogP contribution in [0.25, 0.3) is 33.3 Å². The maximum Gasteiger partial charge on any atom is 0.165 e. The van der Waals surface area contributed by atoms with Crippen molar-refractivity contribution in [3.05, 3.63) is 48.2 Å². The van der Waals surface area contributed by atoms with E-state index in [1.165, 1.54) is 6.26 Å². The van der Waals surface area contributed by atoms with Gasteiger partial charge in [0.1, 0.15) is 40.9 Å². The van der Waals surface area contributed by atoms with Crippen molar-refractivity contribution in [2.45, 2.75) is 6.61 Å². The molecule has 4 nitrogen and oxygen atoms in total. The Morgan fingerprint density at radius 3 is 2.86 bits per heavy atom. The van der Waals surface area contributed by atoms with Crippen molar-refractivity contribution in [3.8, 4) is 22.8 Å². The molecule has 2 aromatic heterocycles. The number of hydrogen-bond donors (Lipinski definition) is 1. The van der Waals surface area contributed by atoms with Crippen molar-refractivity contribution < 1.29 is 18.7 Å². The minimum Gasteiger partial charge on any atom is -0.504 e. The van der Waals surface area contributed by atoms with Crippen molar-refractivity contribution in [1.82, 2.24) is 0 Å². The lowest BCUT2D eigenvalue weighted by atomic mass is 10.0. The summed E-state index contributed by atoms with van der Waals surface area (Å²) in [4.78, 5) is 0. The molecule has 0 unspecified atom stereocenters. The largest absolute Gasteiger partial charge is 0.504 e. The van der Waals surface area contributed by atoms with Crippen LogP contribution in [0.15, 0.2) is 51.5 Å². The minimum absolute atomic E-state index is 0.0846. The van der Waals surface area contributed by atoms with Crippen molar-refractivity contribution in [1.29, 1.82) is 0 Å². The third-order valence-corrected chi connectivity index (χ3v) is 3.98. The van der Waals surface area contributed by atoms with Gasteiger partial charge >= 0.3 is 0 Å². The van der Waals surface area contributed by atoms with Gasteiger partial charge in [-0.2, -0.15) is 0 Å². The Morgan fingerprint density at radius 2 is 1.90 bits per heavy atom. The minimum atomic E-state index is 0.0846. The molecule has 0 radical (unpaired) electrons. The average Bonchev–Trinajstić information content (AvgIpc) is 3.08. The summed E-state index contributed by atoms with van der Waals surface area (Å²) in [6.45, 7) is 0.420. The van der Waals surface area contributed by atoms with Gasteiger partial charge in [0.25, 0.3) is 0 Å². The molecule has 21 heavy (non-hydrogen) atoms. The van der Waals surface area contributed by atoms with Crippen molar-refractivity contribution in [2.75, 3.05) is 0 Å². The Hall–Kier alpha value is -2.88. The van der Waals surface area contributed by atoms with Crippen LogP contribution in [0, 0.1) is 0 Å². The number of ether oxygens (including phenoxy) is 1. The number of para-hydroxylation sites is 1. The lowest BCUT2D eigenvalue weighted by Crippen LogP contribution is -2.03. The monoisotopic (exact) mass is 278 g/mol. The molecule has 0 spiro atoms. The van der Waals surface area contributed by atoms with E-state index in [0.29, 0.717) is 23.3 Å². The number of aromatic hydroxyl groups is 1. The van der Waals surface area contributed by atoms with Crippen LogP contribution in [0.5, 0.6) is 11.5 Å². The lowest BCUT2D eigenvalue weighted by Gasteiger charge is -2.17. The summed E-state index contributed by atoms with van der Waals surface area (Å²) in [5.41, 5.74) is 3.33. The van der Waals surface area contributed by atoms with Crippen LogP contribution < -0.4 is 4.74 Å². The molecule has 1 aliphatic heterocycles. The topological polar surface area (TPSA) is 55.7 Å². The Kier molecular flexibility index (Phi) is 1.86. The predicted octanol–water partition coefficient (Wildman–Crippen LogP) is 4.44. The number of hydrogen-bond acceptors (Lipinski definition) is 4. The first kappa shape index (κ1) is 10.9. The first-order valence-electron chi connectivity index (χ1n) is 6.69. The Balaban J connectivity index is 1.91. The highest BCUT2D eigenvalue weighted by atomic mass is 16.5. The highest BCUT2D eigenvalue weighted by molar-refractivity contribution is 5.99. The number of furan rings is 2. The van der Waals surface area contributed by atoms with Crippen LogP contribution in [0.1, 0.15) is 5.56 Å². The molecule has 0 bridgehead atoms. The van der Waals surface area contributed by atoms with Gasteiger partial charge in [0, 0.05) is 10.9 Å². The third kappa shape index (κ3) is 1.29. The number of benzene rings is 2. The summed E-state index contributed by atoms with van der Waals surface area (Å²) in [5.74, 6) is 1.51. The molecule has 3 heterocycles. The van der Waals surface area contributed by atoms with E-state index in [9.17, 15) is 5.11 Å². The van der Waals surface area contributed by atoms with E-state index in [4.69, 9.17) is 13.6 Å². The molecule has 0 amide bonds. The molecule has 0 fully saturated rings. The Labute approximate surface area is 119 Å². The van der Waals surface area contributed by atoms with Crippen molar-refractivity contribution in [3.63, 3.8) is 0 Å². The first-order valence-corrected chi connectivity index (χ1v) is 6.69. The average molecular weight is 278 g/mol. The quantitative estimate of drug-likeness (QED) is 0.516.